The molecule has 148 valence electrons. The Morgan fingerprint density at radius 3 is 1.53 bits per heavy atom. The molecule has 4 aromatic rings. The Hall–Kier alpha value is -3.32. The first-order valence-electron chi connectivity index (χ1n) is 10.6. The summed E-state index contributed by atoms with van der Waals surface area (Å²) in [6, 6.07) is 26.5. The smallest absolute Gasteiger partial charge is 0.131 e. The summed E-state index contributed by atoms with van der Waals surface area (Å²) in [6.07, 6.45) is 0. The third kappa shape index (κ3) is 3.02. The number of rotatable bonds is 2. The molecular formula is C29H26O. The molecule has 0 unspecified atom stereocenters. The molecule has 0 spiro atoms. The van der Waals surface area contributed by atoms with E-state index in [1.54, 1.807) is 0 Å². The quantitative estimate of drug-likeness (QED) is 0.339. The van der Waals surface area contributed by atoms with E-state index in [0.29, 0.717) is 6.61 Å². The van der Waals surface area contributed by atoms with Crippen LogP contribution < -0.4 is 4.74 Å². The highest BCUT2D eigenvalue weighted by atomic mass is 16.5. The lowest BCUT2D eigenvalue weighted by Gasteiger charge is -2.26. The molecule has 0 aliphatic carbocycles. The molecule has 0 radical (unpaired) electrons. The summed E-state index contributed by atoms with van der Waals surface area (Å²) in [4.78, 5) is 0. The van der Waals surface area contributed by atoms with Crippen molar-refractivity contribution in [2.45, 2.75) is 34.3 Å². The number of hydrogen-bond acceptors (Lipinski definition) is 1. The fraction of sp³-hybridized carbons (Fsp3) is 0.172. The van der Waals surface area contributed by atoms with Gasteiger partial charge in [0.2, 0.25) is 0 Å². The highest BCUT2D eigenvalue weighted by Gasteiger charge is 2.23. The van der Waals surface area contributed by atoms with E-state index < -0.39 is 0 Å². The standard InChI is InChI=1S/C29H26O/c1-18-5-9-22(10-6-18)24-13-15-26-27-16-14-25(23-11-7-19(2)8-12-23)21(4)29(27)30-17-28(26)20(24)3/h5-16H,17H2,1-4H3. The Kier molecular flexibility index (Phi) is 4.47. The first-order chi connectivity index (χ1) is 14.5. The topological polar surface area (TPSA) is 9.23 Å². The second-order valence-corrected chi connectivity index (χ2v) is 8.40. The molecule has 0 atom stereocenters. The summed E-state index contributed by atoms with van der Waals surface area (Å²) < 4.78 is 6.36. The van der Waals surface area contributed by atoms with Crippen LogP contribution in [0.3, 0.4) is 0 Å². The van der Waals surface area contributed by atoms with Crippen LogP contribution in [0.2, 0.25) is 0 Å². The zero-order valence-electron chi connectivity index (χ0n) is 18.0. The molecule has 1 heteroatoms. The van der Waals surface area contributed by atoms with Gasteiger partial charge in [0.05, 0.1) is 0 Å². The molecule has 0 N–H and O–H groups in total. The maximum atomic E-state index is 6.36. The van der Waals surface area contributed by atoms with Gasteiger partial charge in [-0.25, -0.2) is 0 Å². The van der Waals surface area contributed by atoms with Crippen LogP contribution in [0.15, 0.2) is 72.8 Å². The summed E-state index contributed by atoms with van der Waals surface area (Å²) in [5, 5.41) is 0. The summed E-state index contributed by atoms with van der Waals surface area (Å²) >= 11 is 0. The highest BCUT2D eigenvalue weighted by Crippen LogP contribution is 2.45. The molecular weight excluding hydrogens is 364 g/mol. The van der Waals surface area contributed by atoms with Crippen LogP contribution in [0.1, 0.15) is 27.8 Å². The van der Waals surface area contributed by atoms with Crippen LogP contribution in [0.5, 0.6) is 5.75 Å². The number of hydrogen-bond donors (Lipinski definition) is 0. The van der Waals surface area contributed by atoms with Crippen LogP contribution in [0.4, 0.5) is 0 Å². The SMILES string of the molecule is Cc1ccc(-c2ccc3c(c2C)COc2c-3ccc(-c3ccc(C)cc3)c2C)cc1. The van der Waals surface area contributed by atoms with Crippen LogP contribution in [0, 0.1) is 27.7 Å². The van der Waals surface area contributed by atoms with E-state index in [1.807, 2.05) is 0 Å². The first-order valence-corrected chi connectivity index (χ1v) is 10.6. The van der Waals surface area contributed by atoms with E-state index in [1.165, 1.54) is 61.2 Å². The summed E-state index contributed by atoms with van der Waals surface area (Å²) in [5.74, 6) is 1.02. The Balaban J connectivity index is 1.61. The third-order valence-corrected chi connectivity index (χ3v) is 6.38. The molecule has 0 saturated heterocycles. The molecule has 1 aliphatic rings. The number of benzene rings is 4. The van der Waals surface area contributed by atoms with Gasteiger partial charge in [-0.3, -0.25) is 0 Å². The first kappa shape index (κ1) is 18.7. The van der Waals surface area contributed by atoms with Crippen molar-refractivity contribution in [1.82, 2.24) is 0 Å². The van der Waals surface area contributed by atoms with Gasteiger partial charge in [0.15, 0.2) is 0 Å². The van der Waals surface area contributed by atoms with Crippen molar-refractivity contribution in [2.75, 3.05) is 0 Å². The van der Waals surface area contributed by atoms with Gasteiger partial charge >= 0.3 is 0 Å². The second-order valence-electron chi connectivity index (χ2n) is 8.40. The van der Waals surface area contributed by atoms with E-state index in [0.717, 1.165) is 5.75 Å². The number of aryl methyl sites for hydroxylation is 2. The fourth-order valence-electron chi connectivity index (χ4n) is 4.52. The molecule has 0 fully saturated rings. The summed E-state index contributed by atoms with van der Waals surface area (Å²) in [5.41, 5.74) is 13.9. The third-order valence-electron chi connectivity index (χ3n) is 6.38. The predicted molar refractivity (Wildman–Crippen MR) is 126 cm³/mol. The lowest BCUT2D eigenvalue weighted by atomic mass is 9.86. The average Bonchev–Trinajstić information content (AvgIpc) is 2.76. The number of ether oxygens (including phenoxy) is 1. The minimum atomic E-state index is 0.617. The van der Waals surface area contributed by atoms with Gasteiger partial charge in [-0.2, -0.15) is 0 Å². The molecule has 0 aromatic heterocycles. The van der Waals surface area contributed by atoms with Gasteiger partial charge in [0, 0.05) is 11.1 Å². The Morgan fingerprint density at radius 1 is 0.500 bits per heavy atom. The summed E-state index contributed by atoms with van der Waals surface area (Å²) in [6.45, 7) is 9.26. The van der Waals surface area contributed by atoms with Gasteiger partial charge in [0.25, 0.3) is 0 Å². The predicted octanol–water partition coefficient (Wildman–Crippen LogP) is 7.81. The molecule has 1 aliphatic heterocycles. The van der Waals surface area contributed by atoms with E-state index in [2.05, 4.69) is 100 Å². The highest BCUT2D eigenvalue weighted by molar-refractivity contribution is 5.85. The van der Waals surface area contributed by atoms with Crippen LogP contribution >= 0.6 is 0 Å². The maximum Gasteiger partial charge on any atom is 0.131 e. The molecule has 0 bridgehead atoms. The Morgan fingerprint density at radius 2 is 0.967 bits per heavy atom. The lowest BCUT2D eigenvalue weighted by molar-refractivity contribution is 0.299. The molecule has 1 heterocycles. The normalized spacial score (nSPS) is 12.1. The largest absolute Gasteiger partial charge is 0.488 e. The van der Waals surface area contributed by atoms with Crippen molar-refractivity contribution in [3.63, 3.8) is 0 Å². The van der Waals surface area contributed by atoms with Crippen molar-refractivity contribution in [3.05, 3.63) is 101 Å². The fourth-order valence-corrected chi connectivity index (χ4v) is 4.52. The number of fused-ring (bicyclic) bond motifs is 3. The van der Waals surface area contributed by atoms with Gasteiger partial charge in [-0.1, -0.05) is 83.9 Å². The molecule has 1 nitrogen and oxygen atoms in total. The Labute approximate surface area is 179 Å². The van der Waals surface area contributed by atoms with E-state index in [9.17, 15) is 0 Å². The van der Waals surface area contributed by atoms with Crippen molar-refractivity contribution in [1.29, 1.82) is 0 Å². The van der Waals surface area contributed by atoms with E-state index in [-0.39, 0.29) is 0 Å². The molecule has 5 rings (SSSR count). The van der Waals surface area contributed by atoms with Crippen molar-refractivity contribution >= 4 is 0 Å². The second kappa shape index (κ2) is 7.18. The van der Waals surface area contributed by atoms with Gasteiger partial charge in [-0.05, 0) is 66.6 Å². The monoisotopic (exact) mass is 390 g/mol. The van der Waals surface area contributed by atoms with E-state index >= 15 is 0 Å². The average molecular weight is 391 g/mol. The van der Waals surface area contributed by atoms with Crippen molar-refractivity contribution < 1.29 is 4.74 Å². The van der Waals surface area contributed by atoms with Gasteiger partial charge < -0.3 is 4.74 Å². The van der Waals surface area contributed by atoms with Gasteiger partial charge in [-0.15, -0.1) is 0 Å². The van der Waals surface area contributed by atoms with Crippen LogP contribution in [0.25, 0.3) is 33.4 Å². The minimum absolute atomic E-state index is 0.617. The molecule has 30 heavy (non-hydrogen) atoms. The van der Waals surface area contributed by atoms with E-state index in [4.69, 9.17) is 4.74 Å². The Bertz CT molecular complexity index is 1140. The summed E-state index contributed by atoms with van der Waals surface area (Å²) in [7, 11) is 0. The zero-order chi connectivity index (χ0) is 20.8. The minimum Gasteiger partial charge on any atom is -0.488 e. The zero-order valence-corrected chi connectivity index (χ0v) is 18.0. The molecule has 4 aromatic carbocycles. The van der Waals surface area contributed by atoms with Gasteiger partial charge in [0.1, 0.15) is 12.4 Å². The van der Waals surface area contributed by atoms with Crippen molar-refractivity contribution in [2.24, 2.45) is 0 Å². The van der Waals surface area contributed by atoms with Crippen molar-refractivity contribution in [3.8, 4) is 39.1 Å². The molecule has 0 saturated carbocycles. The molecule has 0 amide bonds. The van der Waals surface area contributed by atoms with Crippen LogP contribution in [-0.2, 0) is 6.61 Å². The van der Waals surface area contributed by atoms with Crippen LogP contribution in [-0.4, -0.2) is 0 Å². The maximum absolute atomic E-state index is 6.36. The lowest BCUT2D eigenvalue weighted by Crippen LogP contribution is -2.09.